The first-order valence-corrected chi connectivity index (χ1v) is 17.5. The zero-order valence-corrected chi connectivity index (χ0v) is 26.6. The molecule has 4 aromatic rings. The van der Waals surface area contributed by atoms with Crippen LogP contribution in [0.2, 0.25) is 5.02 Å². The van der Waals surface area contributed by atoms with Crippen LogP contribution in [0.3, 0.4) is 0 Å². The summed E-state index contributed by atoms with van der Waals surface area (Å²) >= 11 is 7.35. The summed E-state index contributed by atoms with van der Waals surface area (Å²) in [6.45, 7) is 0. The summed E-state index contributed by atoms with van der Waals surface area (Å²) in [5.41, 5.74) is 8.04. The Hall–Kier alpha value is -2.80. The van der Waals surface area contributed by atoms with Crippen molar-refractivity contribution < 1.29 is 9.47 Å². The van der Waals surface area contributed by atoms with E-state index >= 15 is 0 Å². The van der Waals surface area contributed by atoms with Gasteiger partial charge in [0.1, 0.15) is 11.5 Å². The van der Waals surface area contributed by atoms with Crippen molar-refractivity contribution in [2.45, 2.75) is 75.5 Å². The summed E-state index contributed by atoms with van der Waals surface area (Å²) in [7, 11) is 3.12. The fraction of sp³-hybridized carbons (Fsp3) is 0.368. The van der Waals surface area contributed by atoms with Gasteiger partial charge in [0.25, 0.3) is 0 Å². The lowest BCUT2D eigenvalue weighted by Crippen LogP contribution is -2.28. The Bertz CT molecular complexity index is 1390. The van der Waals surface area contributed by atoms with Gasteiger partial charge >= 0.3 is 0 Å². The highest BCUT2D eigenvalue weighted by atomic mass is 35.5. The molecule has 2 nitrogen and oxygen atoms in total. The molecule has 0 saturated heterocycles. The number of ether oxygens (including phenoxy) is 2. The first-order chi connectivity index (χ1) is 20.7. The number of hydrogen-bond acceptors (Lipinski definition) is 2. The zero-order chi connectivity index (χ0) is 28.9. The minimum atomic E-state index is -0.463. The molecule has 4 aromatic carbocycles. The third kappa shape index (κ3) is 5.86. The molecule has 2 aliphatic carbocycles. The number of halogens is 1. The first-order valence-electron chi connectivity index (χ1n) is 15.7. The second-order valence-corrected chi connectivity index (χ2v) is 14.9. The molecule has 0 unspecified atom stereocenters. The van der Waals surface area contributed by atoms with Crippen molar-refractivity contribution in [1.82, 2.24) is 0 Å². The van der Waals surface area contributed by atoms with Crippen LogP contribution in [-0.4, -0.2) is 25.5 Å². The Morgan fingerprint density at radius 1 is 0.571 bits per heavy atom. The van der Waals surface area contributed by atoms with E-state index in [0.717, 1.165) is 55.7 Å². The van der Waals surface area contributed by atoms with Crippen LogP contribution >= 0.6 is 19.5 Å². The number of rotatable bonds is 8. The average Bonchev–Trinajstić information content (AvgIpc) is 3.06. The molecule has 0 N–H and O–H groups in total. The maximum Gasteiger partial charge on any atom is 0.138 e. The summed E-state index contributed by atoms with van der Waals surface area (Å²) in [4.78, 5) is 0. The van der Waals surface area contributed by atoms with E-state index in [1.54, 1.807) is 14.2 Å². The van der Waals surface area contributed by atoms with E-state index in [9.17, 15) is 0 Å². The molecule has 0 heterocycles. The van der Waals surface area contributed by atoms with Gasteiger partial charge in [0, 0.05) is 21.5 Å². The number of benzene rings is 4. The van der Waals surface area contributed by atoms with E-state index in [4.69, 9.17) is 21.1 Å². The highest BCUT2D eigenvalue weighted by Gasteiger charge is 2.36. The van der Waals surface area contributed by atoms with Crippen molar-refractivity contribution in [1.29, 1.82) is 0 Å². The van der Waals surface area contributed by atoms with Gasteiger partial charge in [-0.05, 0) is 65.8 Å². The van der Waals surface area contributed by atoms with Crippen LogP contribution in [0.4, 0.5) is 0 Å². The lowest BCUT2D eigenvalue weighted by Gasteiger charge is -2.40. The maximum absolute atomic E-state index is 7.35. The molecule has 2 fully saturated rings. The fourth-order valence-corrected chi connectivity index (χ4v) is 11.8. The largest absolute Gasteiger partial charge is 0.495 e. The van der Waals surface area contributed by atoms with Gasteiger partial charge in [-0.25, -0.2) is 0 Å². The molecular formula is C38H42ClO2P. The fourth-order valence-electron chi connectivity index (χ4n) is 7.34. The standard InChI is InChI=1S/C38H42ClO2P/c1-40-36-32(27-16-7-3-8-17-27)26-33(28-18-9-4-10-19-28)37(41-2)35(36)31-24-15-25-34(39)38(31)42(29-20-11-5-12-21-29)30-22-13-6-14-23-30/h3-4,7-10,15-19,24-26,29-30H,5-6,11-14,20-23H2,1-2H3. The Kier molecular flexibility index (Phi) is 9.53. The van der Waals surface area contributed by atoms with Crippen LogP contribution in [0.25, 0.3) is 33.4 Å². The first kappa shape index (κ1) is 29.3. The molecule has 0 spiro atoms. The highest BCUT2D eigenvalue weighted by Crippen LogP contribution is 2.59. The van der Waals surface area contributed by atoms with Crippen LogP contribution in [0.5, 0.6) is 11.5 Å². The summed E-state index contributed by atoms with van der Waals surface area (Å²) in [6, 6.07) is 29.9. The van der Waals surface area contributed by atoms with Gasteiger partial charge in [-0.3, -0.25) is 0 Å². The smallest absolute Gasteiger partial charge is 0.138 e. The number of hydrogen-bond donors (Lipinski definition) is 0. The molecule has 4 heteroatoms. The normalized spacial score (nSPS) is 16.5. The molecule has 2 aliphatic rings. The van der Waals surface area contributed by atoms with Crippen molar-refractivity contribution in [2.75, 3.05) is 14.2 Å². The van der Waals surface area contributed by atoms with Crippen molar-refractivity contribution in [3.63, 3.8) is 0 Å². The molecule has 0 aromatic heterocycles. The lowest BCUT2D eigenvalue weighted by molar-refractivity contribution is 0.399. The van der Waals surface area contributed by atoms with E-state index in [1.165, 1.54) is 75.1 Å². The monoisotopic (exact) mass is 596 g/mol. The van der Waals surface area contributed by atoms with Crippen LogP contribution in [-0.2, 0) is 0 Å². The quantitative estimate of drug-likeness (QED) is 0.188. The molecule has 0 bridgehead atoms. The summed E-state index contributed by atoms with van der Waals surface area (Å²) in [6.07, 6.45) is 13.4. The average molecular weight is 597 g/mol. The SMILES string of the molecule is COc1c(-c2ccccc2)cc(-c2ccccc2)c(OC)c1-c1cccc(Cl)c1P(C1CCCCC1)C1CCCCC1. The van der Waals surface area contributed by atoms with E-state index in [-0.39, 0.29) is 0 Å². The van der Waals surface area contributed by atoms with Crippen molar-refractivity contribution in [3.05, 3.63) is 90.0 Å². The molecule has 218 valence electrons. The molecule has 42 heavy (non-hydrogen) atoms. The van der Waals surface area contributed by atoms with Crippen molar-refractivity contribution in [2.24, 2.45) is 0 Å². The van der Waals surface area contributed by atoms with Gasteiger partial charge in [-0.1, -0.05) is 131 Å². The molecule has 0 aliphatic heterocycles. The Morgan fingerprint density at radius 3 is 1.50 bits per heavy atom. The third-order valence-corrected chi connectivity index (χ3v) is 13.3. The molecular weight excluding hydrogens is 555 g/mol. The highest BCUT2D eigenvalue weighted by molar-refractivity contribution is 7.67. The summed E-state index contributed by atoms with van der Waals surface area (Å²) < 4.78 is 12.7. The molecule has 0 amide bonds. The molecule has 2 saturated carbocycles. The molecule has 6 rings (SSSR count). The van der Waals surface area contributed by atoms with Gasteiger partial charge in [-0.15, -0.1) is 0 Å². The Balaban J connectivity index is 1.66. The lowest BCUT2D eigenvalue weighted by atomic mass is 9.90. The van der Waals surface area contributed by atoms with E-state index in [2.05, 4.69) is 84.9 Å². The van der Waals surface area contributed by atoms with Crippen LogP contribution in [0.1, 0.15) is 64.2 Å². The van der Waals surface area contributed by atoms with Gasteiger partial charge in [0.05, 0.1) is 19.8 Å². The second kappa shape index (κ2) is 13.7. The van der Waals surface area contributed by atoms with E-state index < -0.39 is 7.92 Å². The minimum absolute atomic E-state index is 0.463. The zero-order valence-electron chi connectivity index (χ0n) is 25.0. The Morgan fingerprint density at radius 2 is 1.05 bits per heavy atom. The summed E-state index contributed by atoms with van der Waals surface area (Å²) in [5.74, 6) is 1.70. The van der Waals surface area contributed by atoms with Crippen molar-refractivity contribution in [3.8, 4) is 44.9 Å². The molecule has 0 atom stereocenters. The van der Waals surface area contributed by atoms with Gasteiger partial charge in [0.2, 0.25) is 0 Å². The topological polar surface area (TPSA) is 18.5 Å². The maximum atomic E-state index is 7.35. The second-order valence-electron chi connectivity index (χ2n) is 11.8. The van der Waals surface area contributed by atoms with Gasteiger partial charge in [-0.2, -0.15) is 0 Å². The third-order valence-electron chi connectivity index (χ3n) is 9.26. The van der Waals surface area contributed by atoms with Crippen LogP contribution in [0.15, 0.2) is 84.9 Å². The predicted octanol–water partition coefficient (Wildman–Crippen LogP) is 11.1. The molecule has 0 radical (unpaired) electrons. The Labute approximate surface area is 258 Å². The van der Waals surface area contributed by atoms with E-state index in [1.807, 2.05) is 0 Å². The van der Waals surface area contributed by atoms with Crippen LogP contribution in [0, 0.1) is 0 Å². The van der Waals surface area contributed by atoms with Gasteiger partial charge in [0.15, 0.2) is 0 Å². The van der Waals surface area contributed by atoms with Crippen LogP contribution < -0.4 is 14.8 Å². The minimum Gasteiger partial charge on any atom is -0.495 e. The van der Waals surface area contributed by atoms with E-state index in [0.29, 0.717) is 0 Å². The number of methoxy groups -OCH3 is 2. The predicted molar refractivity (Wildman–Crippen MR) is 181 cm³/mol. The summed E-state index contributed by atoms with van der Waals surface area (Å²) in [5, 5.41) is 2.28. The van der Waals surface area contributed by atoms with Gasteiger partial charge < -0.3 is 9.47 Å². The van der Waals surface area contributed by atoms with Crippen molar-refractivity contribution >= 4 is 24.8 Å².